The quantitative estimate of drug-likeness (QED) is 0.870. The molecule has 76 valence electrons. The van der Waals surface area contributed by atoms with Crippen molar-refractivity contribution in [3.05, 3.63) is 22.3 Å². The van der Waals surface area contributed by atoms with Crippen molar-refractivity contribution in [3.63, 3.8) is 0 Å². The SMILES string of the molecule is Cc1ccnc(NC2(CN)CC2)c1Br. The zero-order valence-corrected chi connectivity index (χ0v) is 9.76. The van der Waals surface area contributed by atoms with Gasteiger partial charge >= 0.3 is 0 Å². The maximum atomic E-state index is 5.70. The van der Waals surface area contributed by atoms with E-state index < -0.39 is 0 Å². The van der Waals surface area contributed by atoms with E-state index in [9.17, 15) is 0 Å². The summed E-state index contributed by atoms with van der Waals surface area (Å²) in [6.07, 6.45) is 4.10. The molecule has 0 atom stereocenters. The van der Waals surface area contributed by atoms with Gasteiger partial charge in [0.15, 0.2) is 0 Å². The number of pyridine rings is 1. The first-order chi connectivity index (χ1) is 6.67. The second kappa shape index (κ2) is 3.51. The molecular weight excluding hydrogens is 242 g/mol. The zero-order valence-electron chi connectivity index (χ0n) is 8.18. The van der Waals surface area contributed by atoms with Gasteiger partial charge in [0.1, 0.15) is 5.82 Å². The standard InChI is InChI=1S/C10H14BrN3/c1-7-2-5-13-9(8(7)11)14-10(6-12)3-4-10/h2,5H,3-4,6,12H2,1H3,(H,13,14). The first kappa shape index (κ1) is 9.93. The molecule has 1 aliphatic carbocycles. The lowest BCUT2D eigenvalue weighted by Gasteiger charge is -2.17. The van der Waals surface area contributed by atoms with Crippen molar-refractivity contribution in [1.29, 1.82) is 0 Å². The zero-order chi connectivity index (χ0) is 10.2. The average molecular weight is 256 g/mol. The van der Waals surface area contributed by atoms with E-state index in [1.807, 2.05) is 12.3 Å². The van der Waals surface area contributed by atoms with Crippen molar-refractivity contribution in [1.82, 2.24) is 4.98 Å². The van der Waals surface area contributed by atoms with E-state index in [2.05, 4.69) is 33.2 Å². The Hall–Kier alpha value is -0.610. The van der Waals surface area contributed by atoms with Gasteiger partial charge in [-0.05, 0) is 47.3 Å². The van der Waals surface area contributed by atoms with Crippen molar-refractivity contribution in [3.8, 4) is 0 Å². The van der Waals surface area contributed by atoms with Crippen molar-refractivity contribution in [2.45, 2.75) is 25.3 Å². The number of hydrogen-bond acceptors (Lipinski definition) is 3. The van der Waals surface area contributed by atoms with Crippen molar-refractivity contribution in [2.24, 2.45) is 5.73 Å². The Morgan fingerprint density at radius 2 is 2.36 bits per heavy atom. The molecule has 4 heteroatoms. The largest absolute Gasteiger partial charge is 0.362 e. The smallest absolute Gasteiger partial charge is 0.141 e. The molecule has 3 N–H and O–H groups in total. The summed E-state index contributed by atoms with van der Waals surface area (Å²) in [4.78, 5) is 4.30. The molecule has 0 amide bonds. The third-order valence-electron chi connectivity index (χ3n) is 2.71. The van der Waals surface area contributed by atoms with Crippen molar-refractivity contribution >= 4 is 21.7 Å². The molecular formula is C10H14BrN3. The lowest BCUT2D eigenvalue weighted by molar-refractivity contribution is 0.736. The maximum Gasteiger partial charge on any atom is 0.141 e. The summed E-state index contributed by atoms with van der Waals surface area (Å²) in [5.41, 5.74) is 7.00. The molecule has 1 aromatic heterocycles. The lowest BCUT2D eigenvalue weighted by Crippen LogP contribution is -2.31. The number of nitrogens with one attached hydrogen (secondary N) is 1. The highest BCUT2D eigenvalue weighted by atomic mass is 79.9. The van der Waals surface area contributed by atoms with Gasteiger partial charge in [-0.15, -0.1) is 0 Å². The Balaban J connectivity index is 2.21. The summed E-state index contributed by atoms with van der Waals surface area (Å²) >= 11 is 3.52. The number of hydrogen-bond donors (Lipinski definition) is 2. The van der Waals surface area contributed by atoms with Crippen LogP contribution in [0, 0.1) is 6.92 Å². The maximum absolute atomic E-state index is 5.70. The third kappa shape index (κ3) is 1.77. The number of nitrogens with zero attached hydrogens (tertiary/aromatic N) is 1. The van der Waals surface area contributed by atoms with Crippen LogP contribution in [0.4, 0.5) is 5.82 Å². The molecule has 1 fully saturated rings. The summed E-state index contributed by atoms with van der Waals surface area (Å²) in [6.45, 7) is 2.73. The predicted molar refractivity (Wildman–Crippen MR) is 61.3 cm³/mol. The van der Waals surface area contributed by atoms with E-state index in [0.29, 0.717) is 6.54 Å². The number of anilines is 1. The fraction of sp³-hybridized carbons (Fsp3) is 0.500. The molecule has 0 unspecified atom stereocenters. The van der Waals surface area contributed by atoms with Crippen LogP contribution in [0.2, 0.25) is 0 Å². The number of halogens is 1. The molecule has 14 heavy (non-hydrogen) atoms. The minimum Gasteiger partial charge on any atom is -0.362 e. The van der Waals surface area contributed by atoms with Crippen LogP contribution in [-0.2, 0) is 0 Å². The average Bonchev–Trinajstić information content (AvgIpc) is 2.94. The minimum atomic E-state index is 0.114. The van der Waals surface area contributed by atoms with E-state index in [1.54, 1.807) is 0 Å². The summed E-state index contributed by atoms with van der Waals surface area (Å²) in [6, 6.07) is 1.98. The topological polar surface area (TPSA) is 50.9 Å². The number of rotatable bonds is 3. The van der Waals surface area contributed by atoms with Crippen LogP contribution in [0.1, 0.15) is 18.4 Å². The Labute approximate surface area is 92.2 Å². The van der Waals surface area contributed by atoms with Crippen molar-refractivity contribution < 1.29 is 0 Å². The number of nitrogens with two attached hydrogens (primary N) is 1. The molecule has 0 aromatic carbocycles. The van der Waals surface area contributed by atoms with Gasteiger partial charge in [-0.25, -0.2) is 4.98 Å². The van der Waals surface area contributed by atoms with Crippen LogP contribution in [0.5, 0.6) is 0 Å². The van der Waals surface area contributed by atoms with Crippen LogP contribution >= 0.6 is 15.9 Å². The normalized spacial score (nSPS) is 17.9. The van der Waals surface area contributed by atoms with Gasteiger partial charge in [0.25, 0.3) is 0 Å². The second-order valence-corrected chi connectivity index (χ2v) is 4.69. The summed E-state index contributed by atoms with van der Waals surface area (Å²) < 4.78 is 1.04. The first-order valence-electron chi connectivity index (χ1n) is 4.76. The highest BCUT2D eigenvalue weighted by Crippen LogP contribution is 2.39. The van der Waals surface area contributed by atoms with Gasteiger partial charge in [-0.3, -0.25) is 0 Å². The molecule has 1 aromatic rings. The fourth-order valence-corrected chi connectivity index (χ4v) is 1.74. The van der Waals surface area contributed by atoms with E-state index in [4.69, 9.17) is 5.73 Å². The Kier molecular flexibility index (Phi) is 2.49. The molecule has 1 aliphatic rings. The molecule has 0 saturated heterocycles. The predicted octanol–water partition coefficient (Wildman–Crippen LogP) is 2.06. The van der Waals surface area contributed by atoms with Crippen LogP contribution in [0.25, 0.3) is 0 Å². The van der Waals surface area contributed by atoms with E-state index in [-0.39, 0.29) is 5.54 Å². The van der Waals surface area contributed by atoms with Crippen LogP contribution in [-0.4, -0.2) is 17.1 Å². The van der Waals surface area contributed by atoms with Gasteiger partial charge in [0.2, 0.25) is 0 Å². The molecule has 1 saturated carbocycles. The van der Waals surface area contributed by atoms with E-state index in [0.717, 1.165) is 23.1 Å². The van der Waals surface area contributed by atoms with Gasteiger partial charge in [0, 0.05) is 12.7 Å². The second-order valence-electron chi connectivity index (χ2n) is 3.90. The first-order valence-corrected chi connectivity index (χ1v) is 5.55. The van der Waals surface area contributed by atoms with Gasteiger partial charge in [-0.1, -0.05) is 0 Å². The van der Waals surface area contributed by atoms with Gasteiger partial charge < -0.3 is 11.1 Å². The third-order valence-corrected chi connectivity index (χ3v) is 3.71. The van der Waals surface area contributed by atoms with Crippen LogP contribution in [0.3, 0.4) is 0 Å². The summed E-state index contributed by atoms with van der Waals surface area (Å²) in [5.74, 6) is 0.910. The highest BCUT2D eigenvalue weighted by molar-refractivity contribution is 9.10. The fourth-order valence-electron chi connectivity index (χ4n) is 1.41. The lowest BCUT2D eigenvalue weighted by atomic mass is 10.2. The molecule has 1 heterocycles. The van der Waals surface area contributed by atoms with Crippen LogP contribution in [0.15, 0.2) is 16.7 Å². The Morgan fingerprint density at radius 3 is 2.93 bits per heavy atom. The van der Waals surface area contributed by atoms with E-state index >= 15 is 0 Å². The van der Waals surface area contributed by atoms with Crippen molar-refractivity contribution in [2.75, 3.05) is 11.9 Å². The summed E-state index contributed by atoms with van der Waals surface area (Å²) in [7, 11) is 0. The summed E-state index contributed by atoms with van der Waals surface area (Å²) in [5, 5.41) is 3.41. The molecule has 2 rings (SSSR count). The van der Waals surface area contributed by atoms with Gasteiger partial charge in [-0.2, -0.15) is 0 Å². The Bertz CT molecular complexity index is 347. The molecule has 0 bridgehead atoms. The molecule has 0 aliphatic heterocycles. The van der Waals surface area contributed by atoms with Gasteiger partial charge in [0.05, 0.1) is 10.0 Å². The highest BCUT2D eigenvalue weighted by Gasteiger charge is 2.41. The van der Waals surface area contributed by atoms with E-state index in [1.165, 1.54) is 5.56 Å². The molecule has 0 radical (unpaired) electrons. The van der Waals surface area contributed by atoms with Crippen LogP contribution < -0.4 is 11.1 Å². The minimum absolute atomic E-state index is 0.114. The number of aryl methyl sites for hydroxylation is 1. The Morgan fingerprint density at radius 1 is 1.64 bits per heavy atom. The molecule has 0 spiro atoms. The molecule has 3 nitrogen and oxygen atoms in total. The monoisotopic (exact) mass is 255 g/mol. The number of aromatic nitrogens is 1.